The molecule has 0 bridgehead atoms. The number of unbranched alkanes of at least 4 members (excludes halogenated alkanes) is 1. The molecule has 0 radical (unpaired) electrons. The van der Waals surface area contributed by atoms with Crippen molar-refractivity contribution in [2.75, 3.05) is 13.1 Å². The number of carbonyl (C=O) groups excluding carboxylic acids is 1. The first-order valence-corrected chi connectivity index (χ1v) is 7.96. The lowest BCUT2D eigenvalue weighted by Crippen LogP contribution is -2.24. The van der Waals surface area contributed by atoms with E-state index in [0.717, 1.165) is 18.4 Å². The van der Waals surface area contributed by atoms with Crippen molar-refractivity contribution in [3.05, 3.63) is 65.2 Å². The lowest BCUT2D eigenvalue weighted by molar-refractivity contribution is 0.0952. The quantitative estimate of drug-likeness (QED) is 0.736. The summed E-state index contributed by atoms with van der Waals surface area (Å²) in [4.78, 5) is 12.1. The van der Waals surface area contributed by atoms with Crippen molar-refractivity contribution < 1.29 is 9.53 Å². The number of hydrogen-bond acceptors (Lipinski definition) is 3. The van der Waals surface area contributed by atoms with Gasteiger partial charge < -0.3 is 15.8 Å². The lowest BCUT2D eigenvalue weighted by Gasteiger charge is -2.09. The van der Waals surface area contributed by atoms with Crippen LogP contribution in [0, 0.1) is 6.92 Å². The molecule has 0 aliphatic rings. The standard InChI is InChI=1S/C19H24N2O2/c1-15-6-4-7-16(12-15)14-23-18-9-5-8-17(13-18)19(22)21-11-3-2-10-20/h4-9,12-13H,2-3,10-11,14,20H2,1H3,(H,21,22). The highest BCUT2D eigenvalue weighted by atomic mass is 16.5. The SMILES string of the molecule is Cc1cccc(COc2cccc(C(=O)NCCCCN)c2)c1. The molecule has 4 nitrogen and oxygen atoms in total. The van der Waals surface area contributed by atoms with Crippen LogP contribution < -0.4 is 15.8 Å². The molecule has 0 saturated carbocycles. The first-order valence-electron chi connectivity index (χ1n) is 7.96. The van der Waals surface area contributed by atoms with Gasteiger partial charge in [-0.2, -0.15) is 0 Å². The molecule has 0 saturated heterocycles. The highest BCUT2D eigenvalue weighted by molar-refractivity contribution is 5.94. The summed E-state index contributed by atoms with van der Waals surface area (Å²) in [5.41, 5.74) is 8.37. The maximum absolute atomic E-state index is 12.1. The molecule has 2 rings (SSSR count). The summed E-state index contributed by atoms with van der Waals surface area (Å²) >= 11 is 0. The van der Waals surface area contributed by atoms with Crippen molar-refractivity contribution in [2.45, 2.75) is 26.4 Å². The Bertz CT molecular complexity index is 641. The fourth-order valence-electron chi connectivity index (χ4n) is 2.27. The Morgan fingerprint density at radius 1 is 1.13 bits per heavy atom. The van der Waals surface area contributed by atoms with E-state index < -0.39 is 0 Å². The van der Waals surface area contributed by atoms with Crippen LogP contribution in [-0.2, 0) is 6.61 Å². The number of benzene rings is 2. The molecule has 23 heavy (non-hydrogen) atoms. The molecule has 122 valence electrons. The summed E-state index contributed by atoms with van der Waals surface area (Å²) in [7, 11) is 0. The second kappa shape index (κ2) is 8.96. The van der Waals surface area contributed by atoms with Gasteiger partial charge in [-0.15, -0.1) is 0 Å². The molecule has 0 spiro atoms. The maximum atomic E-state index is 12.1. The molecule has 0 unspecified atom stereocenters. The van der Waals surface area contributed by atoms with E-state index in [1.165, 1.54) is 5.56 Å². The van der Waals surface area contributed by atoms with Crippen LogP contribution in [0.5, 0.6) is 5.75 Å². The van der Waals surface area contributed by atoms with E-state index in [1.807, 2.05) is 24.3 Å². The first-order chi connectivity index (χ1) is 11.2. The third-order valence-electron chi connectivity index (χ3n) is 3.50. The van der Waals surface area contributed by atoms with E-state index in [1.54, 1.807) is 12.1 Å². The lowest BCUT2D eigenvalue weighted by atomic mass is 10.1. The van der Waals surface area contributed by atoms with Crippen LogP contribution in [0.2, 0.25) is 0 Å². The van der Waals surface area contributed by atoms with Gasteiger partial charge in [0, 0.05) is 12.1 Å². The van der Waals surface area contributed by atoms with Crippen LogP contribution in [0.25, 0.3) is 0 Å². The highest BCUT2D eigenvalue weighted by Crippen LogP contribution is 2.15. The number of nitrogens with one attached hydrogen (secondary N) is 1. The highest BCUT2D eigenvalue weighted by Gasteiger charge is 2.06. The van der Waals surface area contributed by atoms with Crippen molar-refractivity contribution in [2.24, 2.45) is 5.73 Å². The van der Waals surface area contributed by atoms with Crippen molar-refractivity contribution in [3.8, 4) is 5.75 Å². The van der Waals surface area contributed by atoms with Gasteiger partial charge >= 0.3 is 0 Å². The molecule has 0 aliphatic heterocycles. The molecule has 1 amide bonds. The van der Waals surface area contributed by atoms with Crippen molar-refractivity contribution in [1.82, 2.24) is 5.32 Å². The van der Waals surface area contributed by atoms with Gasteiger partial charge in [0.1, 0.15) is 12.4 Å². The zero-order valence-electron chi connectivity index (χ0n) is 13.5. The minimum atomic E-state index is -0.0805. The minimum Gasteiger partial charge on any atom is -0.489 e. The molecule has 2 aromatic carbocycles. The number of aryl methyl sites for hydroxylation is 1. The predicted molar refractivity (Wildman–Crippen MR) is 92.6 cm³/mol. The van der Waals surface area contributed by atoms with Crippen LogP contribution in [0.15, 0.2) is 48.5 Å². The van der Waals surface area contributed by atoms with Crippen molar-refractivity contribution >= 4 is 5.91 Å². The average Bonchev–Trinajstić information content (AvgIpc) is 2.57. The summed E-state index contributed by atoms with van der Waals surface area (Å²) in [5, 5.41) is 2.89. The molecular weight excluding hydrogens is 288 g/mol. The van der Waals surface area contributed by atoms with Crippen LogP contribution in [0.1, 0.15) is 34.3 Å². The van der Waals surface area contributed by atoms with Gasteiger partial charge in [-0.25, -0.2) is 0 Å². The minimum absolute atomic E-state index is 0.0805. The van der Waals surface area contributed by atoms with Gasteiger partial charge in [-0.3, -0.25) is 4.79 Å². The predicted octanol–water partition coefficient (Wildman–Crippen LogP) is 3.04. The Morgan fingerprint density at radius 3 is 2.74 bits per heavy atom. The van der Waals surface area contributed by atoms with Crippen molar-refractivity contribution in [3.63, 3.8) is 0 Å². The first kappa shape index (κ1) is 17.0. The molecular formula is C19H24N2O2. The van der Waals surface area contributed by atoms with Crippen LogP contribution in [0.3, 0.4) is 0 Å². The Hall–Kier alpha value is -2.33. The smallest absolute Gasteiger partial charge is 0.251 e. The number of amides is 1. The van der Waals surface area contributed by atoms with Gasteiger partial charge in [-0.1, -0.05) is 35.9 Å². The third kappa shape index (κ3) is 5.75. The third-order valence-corrected chi connectivity index (χ3v) is 3.50. The molecule has 3 N–H and O–H groups in total. The zero-order chi connectivity index (χ0) is 16.5. The van der Waals surface area contributed by atoms with E-state index in [0.29, 0.717) is 31.0 Å². The van der Waals surface area contributed by atoms with Crippen LogP contribution >= 0.6 is 0 Å². The number of carbonyl (C=O) groups is 1. The molecule has 2 aromatic rings. The molecule has 0 aliphatic carbocycles. The van der Waals surface area contributed by atoms with Gasteiger partial charge in [0.25, 0.3) is 5.91 Å². The summed E-state index contributed by atoms with van der Waals surface area (Å²) in [6.45, 7) is 3.84. The summed E-state index contributed by atoms with van der Waals surface area (Å²) in [6, 6.07) is 15.4. The fourth-order valence-corrected chi connectivity index (χ4v) is 2.27. The van der Waals surface area contributed by atoms with Gasteiger partial charge in [0.15, 0.2) is 0 Å². The van der Waals surface area contributed by atoms with Gasteiger partial charge in [0.2, 0.25) is 0 Å². The van der Waals surface area contributed by atoms with E-state index >= 15 is 0 Å². The van der Waals surface area contributed by atoms with Gasteiger partial charge in [-0.05, 0) is 50.1 Å². The van der Waals surface area contributed by atoms with E-state index in [4.69, 9.17) is 10.5 Å². The van der Waals surface area contributed by atoms with E-state index in [-0.39, 0.29) is 5.91 Å². The second-order valence-electron chi connectivity index (χ2n) is 5.56. The number of rotatable bonds is 8. The summed E-state index contributed by atoms with van der Waals surface area (Å²) in [5.74, 6) is 0.615. The molecule has 0 fully saturated rings. The number of hydrogen-bond donors (Lipinski definition) is 2. The van der Waals surface area contributed by atoms with Gasteiger partial charge in [0.05, 0.1) is 0 Å². The summed E-state index contributed by atoms with van der Waals surface area (Å²) in [6.07, 6.45) is 1.81. The topological polar surface area (TPSA) is 64.3 Å². The number of ether oxygens (including phenoxy) is 1. The molecule has 0 heterocycles. The Balaban J connectivity index is 1.90. The number of nitrogens with two attached hydrogens (primary N) is 1. The average molecular weight is 312 g/mol. The van der Waals surface area contributed by atoms with E-state index in [2.05, 4.69) is 24.4 Å². The Labute approximate surface area is 137 Å². The largest absolute Gasteiger partial charge is 0.489 e. The van der Waals surface area contributed by atoms with Crippen LogP contribution in [-0.4, -0.2) is 19.0 Å². The molecule has 0 aromatic heterocycles. The molecule has 0 atom stereocenters. The normalized spacial score (nSPS) is 10.3. The van der Waals surface area contributed by atoms with Crippen LogP contribution in [0.4, 0.5) is 0 Å². The monoisotopic (exact) mass is 312 g/mol. The Kier molecular flexibility index (Phi) is 6.63. The summed E-state index contributed by atoms with van der Waals surface area (Å²) < 4.78 is 5.78. The van der Waals surface area contributed by atoms with Crippen molar-refractivity contribution in [1.29, 1.82) is 0 Å². The molecule has 4 heteroatoms. The second-order valence-corrected chi connectivity index (χ2v) is 5.56. The fraction of sp³-hybridized carbons (Fsp3) is 0.316. The maximum Gasteiger partial charge on any atom is 0.251 e. The zero-order valence-corrected chi connectivity index (χ0v) is 13.5. The van der Waals surface area contributed by atoms with E-state index in [9.17, 15) is 4.79 Å². The Morgan fingerprint density at radius 2 is 1.96 bits per heavy atom.